The van der Waals surface area contributed by atoms with Crippen LogP contribution >= 0.6 is 0 Å². The molecule has 1 N–H and O–H groups in total. The van der Waals surface area contributed by atoms with Gasteiger partial charge in [0.2, 0.25) is 0 Å². The summed E-state index contributed by atoms with van der Waals surface area (Å²) >= 11 is 0. The second kappa shape index (κ2) is 5.82. The molecule has 7 heteroatoms. The molecule has 2 aromatic rings. The molecule has 1 aromatic heterocycles. The quantitative estimate of drug-likeness (QED) is 0.867. The normalized spacial score (nSPS) is 13.6. The summed E-state index contributed by atoms with van der Waals surface area (Å²) < 4.78 is 16.2. The third-order valence-electron chi connectivity index (χ3n) is 3.04. The lowest BCUT2D eigenvalue weighted by Gasteiger charge is -2.08. The van der Waals surface area contributed by atoms with Crippen LogP contribution in [0.2, 0.25) is 0 Å². The van der Waals surface area contributed by atoms with Gasteiger partial charge in [-0.2, -0.15) is 10.3 Å². The second-order valence-corrected chi connectivity index (χ2v) is 4.45. The van der Waals surface area contributed by atoms with E-state index in [2.05, 4.69) is 15.4 Å². The number of fused-ring (bicyclic) bond motifs is 1. The molecule has 1 aromatic carbocycles. The highest BCUT2D eigenvalue weighted by Gasteiger charge is 2.20. The van der Waals surface area contributed by atoms with Crippen LogP contribution in [-0.2, 0) is 4.74 Å². The minimum absolute atomic E-state index is 0.159. The van der Waals surface area contributed by atoms with Crippen LogP contribution in [0.5, 0.6) is 11.5 Å². The van der Waals surface area contributed by atoms with Crippen LogP contribution < -0.4 is 9.47 Å². The molecule has 0 unspecified atom stereocenters. The first-order valence-corrected chi connectivity index (χ1v) is 6.77. The first-order valence-electron chi connectivity index (χ1n) is 6.77. The molecule has 110 valence electrons. The Kier molecular flexibility index (Phi) is 3.72. The van der Waals surface area contributed by atoms with Crippen molar-refractivity contribution in [2.24, 2.45) is 0 Å². The molecule has 7 nitrogen and oxygen atoms in total. The van der Waals surface area contributed by atoms with Gasteiger partial charge in [0, 0.05) is 12.0 Å². The maximum Gasteiger partial charge on any atom is 0.361 e. The lowest BCUT2D eigenvalue weighted by Crippen LogP contribution is -2.06. The fourth-order valence-electron chi connectivity index (χ4n) is 2.08. The minimum atomic E-state index is -0.506. The molecule has 0 radical (unpaired) electrons. The van der Waals surface area contributed by atoms with E-state index in [1.165, 1.54) is 0 Å². The lowest BCUT2D eigenvalue weighted by molar-refractivity contribution is 0.0520. The Morgan fingerprint density at radius 2 is 2.10 bits per heavy atom. The molecule has 2 heterocycles. The van der Waals surface area contributed by atoms with Gasteiger partial charge in [-0.1, -0.05) is 0 Å². The number of nitrogens with zero attached hydrogens (tertiary/aromatic N) is 2. The molecular weight excluding hydrogens is 274 g/mol. The largest absolute Gasteiger partial charge is 0.490 e. The van der Waals surface area contributed by atoms with Crippen molar-refractivity contribution in [2.45, 2.75) is 13.3 Å². The SMILES string of the molecule is CCOC(=O)c1n[nH]nc1-c1ccc2c(c1)OCCCO2. The van der Waals surface area contributed by atoms with Crippen molar-refractivity contribution in [3.8, 4) is 22.8 Å². The first kappa shape index (κ1) is 13.4. The molecule has 0 spiro atoms. The molecule has 0 saturated heterocycles. The molecule has 0 fully saturated rings. The van der Waals surface area contributed by atoms with Crippen molar-refractivity contribution in [1.29, 1.82) is 0 Å². The Balaban J connectivity index is 1.96. The zero-order chi connectivity index (χ0) is 14.7. The summed E-state index contributed by atoms with van der Waals surface area (Å²) in [5.41, 5.74) is 1.31. The maximum atomic E-state index is 11.8. The molecule has 0 amide bonds. The Morgan fingerprint density at radius 1 is 1.29 bits per heavy atom. The summed E-state index contributed by atoms with van der Waals surface area (Å²) in [6.07, 6.45) is 0.835. The molecule has 1 aliphatic rings. The third kappa shape index (κ3) is 2.67. The predicted octanol–water partition coefficient (Wildman–Crippen LogP) is 1.81. The highest BCUT2D eigenvalue weighted by molar-refractivity contribution is 5.94. The first-order chi connectivity index (χ1) is 10.3. The monoisotopic (exact) mass is 289 g/mol. The summed E-state index contributed by atoms with van der Waals surface area (Å²) in [6.45, 7) is 3.25. The average Bonchev–Trinajstić information content (AvgIpc) is 2.86. The number of aromatic amines is 1. The van der Waals surface area contributed by atoms with Gasteiger partial charge < -0.3 is 14.2 Å². The summed E-state index contributed by atoms with van der Waals surface area (Å²) in [5, 5.41) is 10.3. The number of esters is 1. The number of hydrogen-bond donors (Lipinski definition) is 1. The van der Waals surface area contributed by atoms with Gasteiger partial charge in [-0.3, -0.25) is 0 Å². The number of rotatable bonds is 3. The van der Waals surface area contributed by atoms with Crippen LogP contribution in [0.25, 0.3) is 11.3 Å². The number of nitrogens with one attached hydrogen (secondary N) is 1. The van der Waals surface area contributed by atoms with Gasteiger partial charge in [0.1, 0.15) is 5.69 Å². The van der Waals surface area contributed by atoms with Crippen molar-refractivity contribution >= 4 is 5.97 Å². The van der Waals surface area contributed by atoms with Crippen LogP contribution in [0, 0.1) is 0 Å². The fraction of sp³-hybridized carbons (Fsp3) is 0.357. The van der Waals surface area contributed by atoms with Crippen LogP contribution in [-0.4, -0.2) is 41.2 Å². The summed E-state index contributed by atoms with van der Waals surface area (Å²) in [4.78, 5) is 11.8. The number of carbonyl (C=O) groups is 1. The predicted molar refractivity (Wildman–Crippen MR) is 73.4 cm³/mol. The number of H-pyrrole nitrogens is 1. The van der Waals surface area contributed by atoms with Gasteiger partial charge in [0.15, 0.2) is 17.2 Å². The van der Waals surface area contributed by atoms with Gasteiger partial charge in [-0.15, -0.1) is 5.10 Å². The van der Waals surface area contributed by atoms with E-state index >= 15 is 0 Å². The Bertz CT molecular complexity index is 653. The lowest BCUT2D eigenvalue weighted by atomic mass is 10.1. The molecule has 0 bridgehead atoms. The topological polar surface area (TPSA) is 86.3 Å². The smallest absolute Gasteiger partial charge is 0.361 e. The van der Waals surface area contributed by atoms with Crippen molar-refractivity contribution in [2.75, 3.05) is 19.8 Å². The van der Waals surface area contributed by atoms with Gasteiger partial charge in [-0.05, 0) is 25.1 Å². The Hall–Kier alpha value is -2.57. The summed E-state index contributed by atoms with van der Waals surface area (Å²) in [7, 11) is 0. The number of aromatic nitrogens is 3. The van der Waals surface area contributed by atoms with E-state index in [1.807, 2.05) is 6.07 Å². The molecule has 1 aliphatic heterocycles. The second-order valence-electron chi connectivity index (χ2n) is 4.45. The van der Waals surface area contributed by atoms with E-state index in [0.717, 1.165) is 12.0 Å². The molecule has 3 rings (SSSR count). The number of ether oxygens (including phenoxy) is 3. The van der Waals surface area contributed by atoms with E-state index < -0.39 is 5.97 Å². The van der Waals surface area contributed by atoms with E-state index in [0.29, 0.717) is 30.4 Å². The molecule has 0 atom stereocenters. The molecule has 0 aliphatic carbocycles. The van der Waals surface area contributed by atoms with E-state index in [4.69, 9.17) is 14.2 Å². The van der Waals surface area contributed by atoms with Crippen LogP contribution in [0.15, 0.2) is 18.2 Å². The maximum absolute atomic E-state index is 11.8. The van der Waals surface area contributed by atoms with E-state index in [9.17, 15) is 4.79 Å². The van der Waals surface area contributed by atoms with Crippen LogP contribution in [0.3, 0.4) is 0 Å². The Labute approximate surface area is 121 Å². The summed E-state index contributed by atoms with van der Waals surface area (Å²) in [6, 6.07) is 5.41. The fourth-order valence-corrected chi connectivity index (χ4v) is 2.08. The molecule has 21 heavy (non-hydrogen) atoms. The van der Waals surface area contributed by atoms with Gasteiger partial charge >= 0.3 is 5.97 Å². The zero-order valence-electron chi connectivity index (χ0n) is 11.6. The zero-order valence-corrected chi connectivity index (χ0v) is 11.6. The van der Waals surface area contributed by atoms with Crippen LogP contribution in [0.4, 0.5) is 0 Å². The van der Waals surface area contributed by atoms with Crippen LogP contribution in [0.1, 0.15) is 23.8 Å². The average molecular weight is 289 g/mol. The van der Waals surface area contributed by atoms with Crippen molar-refractivity contribution in [1.82, 2.24) is 15.4 Å². The van der Waals surface area contributed by atoms with Gasteiger partial charge in [-0.25, -0.2) is 4.79 Å². The minimum Gasteiger partial charge on any atom is -0.490 e. The van der Waals surface area contributed by atoms with E-state index in [-0.39, 0.29) is 12.3 Å². The van der Waals surface area contributed by atoms with Crippen molar-refractivity contribution in [3.63, 3.8) is 0 Å². The molecular formula is C14H15N3O4. The highest BCUT2D eigenvalue weighted by atomic mass is 16.5. The number of carbonyl (C=O) groups excluding carboxylic acids is 1. The van der Waals surface area contributed by atoms with Crippen molar-refractivity contribution < 1.29 is 19.0 Å². The van der Waals surface area contributed by atoms with E-state index in [1.54, 1.807) is 19.1 Å². The highest BCUT2D eigenvalue weighted by Crippen LogP contribution is 2.34. The number of hydrogen-bond acceptors (Lipinski definition) is 6. The third-order valence-corrected chi connectivity index (χ3v) is 3.04. The molecule has 0 saturated carbocycles. The number of benzene rings is 1. The standard InChI is InChI=1S/C14H15N3O4/c1-2-19-14(18)13-12(15-17-16-13)9-4-5-10-11(8-9)21-7-3-6-20-10/h4-5,8H,2-3,6-7H2,1H3,(H,15,16,17). The van der Waals surface area contributed by atoms with Gasteiger partial charge in [0.25, 0.3) is 0 Å². The van der Waals surface area contributed by atoms with Gasteiger partial charge in [0.05, 0.1) is 19.8 Å². The Morgan fingerprint density at radius 3 is 2.90 bits per heavy atom. The summed E-state index contributed by atoms with van der Waals surface area (Å²) in [5.74, 6) is 0.827. The van der Waals surface area contributed by atoms with Crippen molar-refractivity contribution in [3.05, 3.63) is 23.9 Å².